The highest BCUT2D eigenvalue weighted by Gasteiger charge is 2.30. The first kappa shape index (κ1) is 14.5. The zero-order chi connectivity index (χ0) is 15.7. The molecule has 5 heteroatoms. The van der Waals surface area contributed by atoms with Gasteiger partial charge >= 0.3 is 0 Å². The van der Waals surface area contributed by atoms with E-state index in [4.69, 9.17) is 18.0 Å². The lowest BCUT2D eigenvalue weighted by molar-refractivity contribution is 0.372. The first-order chi connectivity index (χ1) is 10.5. The maximum atomic E-state index is 9.44. The smallest absolute Gasteiger partial charge is 0.187 e. The number of hydrogen-bond acceptors (Lipinski definition) is 3. The Morgan fingerprint density at radius 2 is 1.82 bits per heavy atom. The Morgan fingerprint density at radius 3 is 2.41 bits per heavy atom. The van der Waals surface area contributed by atoms with Gasteiger partial charge in [-0.05, 0) is 42.4 Å². The maximum Gasteiger partial charge on any atom is 0.187 e. The lowest BCUT2D eigenvalue weighted by atomic mass is 9.98. The van der Waals surface area contributed by atoms with Crippen molar-refractivity contribution >= 4 is 23.0 Å². The van der Waals surface area contributed by atoms with Gasteiger partial charge in [0.15, 0.2) is 5.11 Å². The number of benzene rings is 2. The van der Waals surface area contributed by atoms with Crippen molar-refractivity contribution in [2.45, 2.75) is 19.4 Å². The summed E-state index contributed by atoms with van der Waals surface area (Å²) in [6.45, 7) is 2.06. The van der Waals surface area contributed by atoms with Gasteiger partial charge < -0.3 is 10.8 Å². The van der Waals surface area contributed by atoms with Crippen molar-refractivity contribution in [2.24, 2.45) is 10.8 Å². The van der Waals surface area contributed by atoms with Crippen LogP contribution in [-0.4, -0.2) is 20.9 Å². The van der Waals surface area contributed by atoms with E-state index in [2.05, 4.69) is 36.3 Å². The van der Waals surface area contributed by atoms with Crippen molar-refractivity contribution in [3.63, 3.8) is 0 Å². The summed E-state index contributed by atoms with van der Waals surface area (Å²) in [5.41, 5.74) is 10.1. The molecule has 1 heterocycles. The quantitative estimate of drug-likeness (QED) is 0.837. The van der Waals surface area contributed by atoms with Crippen LogP contribution in [0.5, 0.6) is 5.75 Å². The molecule has 22 heavy (non-hydrogen) atoms. The predicted octanol–water partition coefficient (Wildman–Crippen LogP) is 3.10. The summed E-state index contributed by atoms with van der Waals surface area (Å²) in [7, 11) is 0. The minimum Gasteiger partial charge on any atom is -0.508 e. The van der Waals surface area contributed by atoms with Crippen molar-refractivity contribution in [3.8, 4) is 5.75 Å². The lowest BCUT2D eigenvalue weighted by Gasteiger charge is -2.21. The molecule has 112 valence electrons. The topological polar surface area (TPSA) is 61.8 Å². The van der Waals surface area contributed by atoms with E-state index < -0.39 is 0 Å². The van der Waals surface area contributed by atoms with E-state index >= 15 is 0 Å². The van der Waals surface area contributed by atoms with E-state index in [0.717, 1.165) is 23.3 Å². The highest BCUT2D eigenvalue weighted by molar-refractivity contribution is 7.80. The Labute approximate surface area is 134 Å². The normalized spacial score (nSPS) is 17.4. The van der Waals surface area contributed by atoms with Crippen LogP contribution in [0.3, 0.4) is 0 Å². The van der Waals surface area contributed by atoms with Gasteiger partial charge in [0.2, 0.25) is 0 Å². The Morgan fingerprint density at radius 1 is 1.18 bits per heavy atom. The monoisotopic (exact) mass is 311 g/mol. The summed E-state index contributed by atoms with van der Waals surface area (Å²) in [6.07, 6.45) is 0.727. The van der Waals surface area contributed by atoms with E-state index in [9.17, 15) is 5.11 Å². The van der Waals surface area contributed by atoms with Crippen LogP contribution in [-0.2, 0) is 0 Å². The second kappa shape index (κ2) is 5.77. The Kier molecular flexibility index (Phi) is 3.81. The van der Waals surface area contributed by atoms with Gasteiger partial charge in [0, 0.05) is 6.42 Å². The Hall–Kier alpha value is -2.40. The summed E-state index contributed by atoms with van der Waals surface area (Å²) in [4.78, 5) is 0. The molecule has 0 aliphatic carbocycles. The van der Waals surface area contributed by atoms with Crippen molar-refractivity contribution in [2.75, 3.05) is 0 Å². The SMILES string of the molecule is Cc1ccc(C2=NN(C(N)=S)[C@@H](c3ccc(O)cc3)C2)cc1. The van der Waals surface area contributed by atoms with Gasteiger partial charge in [-0.3, -0.25) is 0 Å². The number of hydrogen-bond donors (Lipinski definition) is 2. The van der Waals surface area contributed by atoms with Gasteiger partial charge in [-0.2, -0.15) is 5.10 Å². The molecule has 0 fully saturated rings. The molecule has 0 saturated heterocycles. The molecular formula is C17H17N3OS. The molecule has 4 nitrogen and oxygen atoms in total. The zero-order valence-corrected chi connectivity index (χ0v) is 13.0. The molecule has 1 aliphatic heterocycles. The molecule has 2 aromatic carbocycles. The number of phenolic OH excluding ortho intramolecular Hbond substituents is 1. The standard InChI is InChI=1S/C17H17N3OS/c1-11-2-4-12(5-3-11)15-10-16(20(19-15)17(18)22)13-6-8-14(21)9-7-13/h2-9,16,21H,10H2,1H3,(H2,18,22)/t16-/m1/s1. The second-order valence-electron chi connectivity index (χ2n) is 5.41. The number of aromatic hydroxyl groups is 1. The maximum absolute atomic E-state index is 9.44. The summed E-state index contributed by atoms with van der Waals surface area (Å²) in [5.74, 6) is 0.239. The van der Waals surface area contributed by atoms with Gasteiger partial charge in [0.05, 0.1) is 11.8 Å². The van der Waals surface area contributed by atoms with Crippen LogP contribution >= 0.6 is 12.2 Å². The van der Waals surface area contributed by atoms with Crippen LogP contribution in [0.1, 0.15) is 29.2 Å². The number of nitrogens with two attached hydrogens (primary N) is 1. The van der Waals surface area contributed by atoms with Crippen molar-refractivity contribution in [1.29, 1.82) is 0 Å². The van der Waals surface area contributed by atoms with Gasteiger partial charge in [-0.25, -0.2) is 5.01 Å². The molecule has 3 N–H and O–H groups in total. The van der Waals surface area contributed by atoms with Crippen LogP contribution in [0.4, 0.5) is 0 Å². The molecule has 1 atom stereocenters. The van der Waals surface area contributed by atoms with E-state index in [1.165, 1.54) is 5.56 Å². The molecule has 2 aromatic rings. The molecular weight excluding hydrogens is 294 g/mol. The Bertz CT molecular complexity index is 723. The fraction of sp³-hybridized carbons (Fsp3) is 0.176. The van der Waals surface area contributed by atoms with Crippen LogP contribution < -0.4 is 5.73 Å². The number of rotatable bonds is 2. The summed E-state index contributed by atoms with van der Waals surface area (Å²) >= 11 is 5.13. The molecule has 0 spiro atoms. The highest BCUT2D eigenvalue weighted by Crippen LogP contribution is 2.33. The molecule has 0 aromatic heterocycles. The van der Waals surface area contributed by atoms with Gasteiger partial charge in [0.25, 0.3) is 0 Å². The average molecular weight is 311 g/mol. The van der Waals surface area contributed by atoms with Gasteiger partial charge in [-0.1, -0.05) is 42.0 Å². The minimum atomic E-state index is -0.0330. The lowest BCUT2D eigenvalue weighted by Crippen LogP contribution is -2.31. The van der Waals surface area contributed by atoms with E-state index in [1.807, 2.05) is 12.1 Å². The zero-order valence-electron chi connectivity index (χ0n) is 12.2. The van der Waals surface area contributed by atoms with Crippen LogP contribution in [0.2, 0.25) is 0 Å². The fourth-order valence-corrected chi connectivity index (χ4v) is 2.76. The molecule has 1 aliphatic rings. The van der Waals surface area contributed by atoms with Gasteiger partial charge in [0.1, 0.15) is 5.75 Å². The average Bonchev–Trinajstić information content (AvgIpc) is 2.94. The van der Waals surface area contributed by atoms with E-state index in [1.54, 1.807) is 17.1 Å². The minimum absolute atomic E-state index is 0.0330. The highest BCUT2D eigenvalue weighted by atomic mass is 32.1. The number of phenols is 1. The number of aryl methyl sites for hydroxylation is 1. The molecule has 0 amide bonds. The summed E-state index contributed by atoms with van der Waals surface area (Å²) in [5, 5.41) is 16.0. The van der Waals surface area contributed by atoms with Crippen molar-refractivity contribution in [1.82, 2.24) is 5.01 Å². The van der Waals surface area contributed by atoms with E-state index in [-0.39, 0.29) is 16.9 Å². The van der Waals surface area contributed by atoms with Crippen LogP contribution in [0.15, 0.2) is 53.6 Å². The van der Waals surface area contributed by atoms with Gasteiger partial charge in [-0.15, -0.1) is 0 Å². The second-order valence-corrected chi connectivity index (χ2v) is 5.83. The number of nitrogens with zero attached hydrogens (tertiary/aromatic N) is 2. The van der Waals surface area contributed by atoms with Crippen LogP contribution in [0.25, 0.3) is 0 Å². The third-order valence-corrected chi connectivity index (χ3v) is 3.99. The summed E-state index contributed by atoms with van der Waals surface area (Å²) in [6, 6.07) is 15.3. The predicted molar refractivity (Wildman–Crippen MR) is 91.8 cm³/mol. The number of hydrazone groups is 1. The van der Waals surface area contributed by atoms with Crippen molar-refractivity contribution < 1.29 is 5.11 Å². The third-order valence-electron chi connectivity index (χ3n) is 3.80. The fourth-order valence-electron chi connectivity index (χ4n) is 2.59. The first-order valence-corrected chi connectivity index (χ1v) is 7.47. The molecule has 0 unspecified atom stereocenters. The summed E-state index contributed by atoms with van der Waals surface area (Å²) < 4.78 is 0. The van der Waals surface area contributed by atoms with Crippen molar-refractivity contribution in [3.05, 3.63) is 65.2 Å². The molecule has 3 rings (SSSR count). The largest absolute Gasteiger partial charge is 0.508 e. The third kappa shape index (κ3) is 2.80. The van der Waals surface area contributed by atoms with E-state index in [0.29, 0.717) is 0 Å². The number of thiocarbonyl (C=S) groups is 1. The molecule has 0 bridgehead atoms. The Balaban J connectivity index is 1.92. The first-order valence-electron chi connectivity index (χ1n) is 7.07. The van der Waals surface area contributed by atoms with Crippen LogP contribution in [0, 0.1) is 6.92 Å². The molecule has 0 radical (unpaired) electrons. The molecule has 0 saturated carbocycles.